The molecular formula is C15H13BrFNO3. The Hall–Kier alpha value is -2.08. The largest absolute Gasteiger partial charge is 0.496 e. The van der Waals surface area contributed by atoms with Gasteiger partial charge in [-0.2, -0.15) is 0 Å². The molecule has 0 atom stereocenters. The fourth-order valence-corrected chi connectivity index (χ4v) is 2.36. The molecule has 0 saturated heterocycles. The number of methoxy groups -OCH3 is 1. The van der Waals surface area contributed by atoms with Crippen LogP contribution in [-0.2, 0) is 6.54 Å². The first-order valence-electron chi connectivity index (χ1n) is 6.10. The SMILES string of the molecule is COc1ccc(NCc2cc(C(=O)O)ccc2F)cc1Br. The van der Waals surface area contributed by atoms with Crippen LogP contribution in [-0.4, -0.2) is 18.2 Å². The van der Waals surface area contributed by atoms with E-state index in [0.29, 0.717) is 11.3 Å². The van der Waals surface area contributed by atoms with Crippen molar-refractivity contribution in [3.05, 3.63) is 57.8 Å². The number of rotatable bonds is 5. The number of ether oxygens (including phenoxy) is 1. The first-order valence-corrected chi connectivity index (χ1v) is 6.89. The summed E-state index contributed by atoms with van der Waals surface area (Å²) in [6.45, 7) is 0.186. The number of anilines is 1. The summed E-state index contributed by atoms with van der Waals surface area (Å²) in [6.07, 6.45) is 0. The number of halogens is 2. The second-order valence-corrected chi connectivity index (χ2v) is 5.17. The smallest absolute Gasteiger partial charge is 0.335 e. The van der Waals surface area contributed by atoms with Crippen LogP contribution >= 0.6 is 15.9 Å². The van der Waals surface area contributed by atoms with Crippen molar-refractivity contribution in [3.63, 3.8) is 0 Å². The average Bonchev–Trinajstić information content (AvgIpc) is 2.46. The number of carboxylic acids is 1. The van der Waals surface area contributed by atoms with E-state index in [4.69, 9.17) is 9.84 Å². The van der Waals surface area contributed by atoms with Crippen LogP contribution in [0.25, 0.3) is 0 Å². The summed E-state index contributed by atoms with van der Waals surface area (Å²) in [5.74, 6) is -0.830. The first-order chi connectivity index (χ1) is 10.0. The summed E-state index contributed by atoms with van der Waals surface area (Å²) in [7, 11) is 1.57. The van der Waals surface area contributed by atoms with Gasteiger partial charge in [0.05, 0.1) is 17.1 Å². The van der Waals surface area contributed by atoms with Crippen molar-refractivity contribution in [2.24, 2.45) is 0 Å². The average molecular weight is 354 g/mol. The van der Waals surface area contributed by atoms with Gasteiger partial charge in [-0.15, -0.1) is 0 Å². The van der Waals surface area contributed by atoms with E-state index < -0.39 is 11.8 Å². The third kappa shape index (κ3) is 3.72. The highest BCUT2D eigenvalue weighted by Crippen LogP contribution is 2.28. The van der Waals surface area contributed by atoms with Gasteiger partial charge in [-0.1, -0.05) is 0 Å². The minimum Gasteiger partial charge on any atom is -0.496 e. The standard InChI is InChI=1S/C15H13BrFNO3/c1-21-14-5-3-11(7-12(14)16)18-8-10-6-9(15(19)20)2-4-13(10)17/h2-7,18H,8H2,1H3,(H,19,20). The molecule has 21 heavy (non-hydrogen) atoms. The second kappa shape index (κ2) is 6.58. The van der Waals surface area contributed by atoms with Gasteiger partial charge < -0.3 is 15.2 Å². The predicted molar refractivity (Wildman–Crippen MR) is 81.4 cm³/mol. The van der Waals surface area contributed by atoms with Crippen LogP contribution in [0.4, 0.5) is 10.1 Å². The Bertz CT molecular complexity index is 676. The molecule has 2 N–H and O–H groups in total. The van der Waals surface area contributed by atoms with Crippen molar-refractivity contribution in [1.82, 2.24) is 0 Å². The zero-order chi connectivity index (χ0) is 15.4. The molecule has 0 saturated carbocycles. The van der Waals surface area contributed by atoms with Crippen LogP contribution in [0, 0.1) is 5.82 Å². The van der Waals surface area contributed by atoms with E-state index in [1.807, 2.05) is 0 Å². The molecule has 0 aliphatic carbocycles. The van der Waals surface area contributed by atoms with Crippen molar-refractivity contribution in [2.45, 2.75) is 6.54 Å². The normalized spacial score (nSPS) is 10.2. The van der Waals surface area contributed by atoms with Gasteiger partial charge in [0, 0.05) is 17.8 Å². The van der Waals surface area contributed by atoms with Crippen LogP contribution in [0.3, 0.4) is 0 Å². The Kier molecular flexibility index (Phi) is 4.80. The lowest BCUT2D eigenvalue weighted by atomic mass is 10.1. The number of aromatic carboxylic acids is 1. The van der Waals surface area contributed by atoms with Gasteiger partial charge in [-0.05, 0) is 52.3 Å². The molecule has 0 aliphatic rings. The Labute approximate surface area is 129 Å². The van der Waals surface area contributed by atoms with Crippen molar-refractivity contribution in [3.8, 4) is 5.75 Å². The summed E-state index contributed by atoms with van der Waals surface area (Å²) in [5.41, 5.74) is 1.12. The number of hydrogen-bond donors (Lipinski definition) is 2. The minimum atomic E-state index is -1.08. The summed E-state index contributed by atoms with van der Waals surface area (Å²) >= 11 is 3.36. The molecule has 2 rings (SSSR count). The molecule has 0 bridgehead atoms. The predicted octanol–water partition coefficient (Wildman–Crippen LogP) is 3.91. The summed E-state index contributed by atoms with van der Waals surface area (Å²) in [5, 5.41) is 12.0. The van der Waals surface area contributed by atoms with Crippen molar-refractivity contribution < 1.29 is 19.0 Å². The molecule has 110 valence electrons. The lowest BCUT2D eigenvalue weighted by Gasteiger charge is -2.10. The van der Waals surface area contributed by atoms with Gasteiger partial charge in [0.1, 0.15) is 11.6 Å². The van der Waals surface area contributed by atoms with Crippen LogP contribution < -0.4 is 10.1 Å². The maximum Gasteiger partial charge on any atom is 0.335 e. The lowest BCUT2D eigenvalue weighted by Crippen LogP contribution is -2.05. The van der Waals surface area contributed by atoms with Gasteiger partial charge in [0.25, 0.3) is 0 Å². The number of benzene rings is 2. The van der Waals surface area contributed by atoms with E-state index in [1.54, 1.807) is 25.3 Å². The molecule has 0 fully saturated rings. The van der Waals surface area contributed by atoms with E-state index in [2.05, 4.69) is 21.2 Å². The molecule has 0 heterocycles. The minimum absolute atomic E-state index is 0.0594. The molecule has 0 spiro atoms. The molecule has 2 aromatic rings. The summed E-state index contributed by atoms with van der Waals surface area (Å²) in [6, 6.07) is 9.09. The topological polar surface area (TPSA) is 58.6 Å². The van der Waals surface area contributed by atoms with Gasteiger partial charge in [0.15, 0.2) is 0 Å². The maximum absolute atomic E-state index is 13.7. The zero-order valence-electron chi connectivity index (χ0n) is 11.2. The van der Waals surface area contributed by atoms with Crippen LogP contribution in [0.1, 0.15) is 15.9 Å². The Balaban J connectivity index is 2.14. The number of carbonyl (C=O) groups is 1. The van der Waals surface area contributed by atoms with E-state index in [1.165, 1.54) is 12.1 Å². The molecule has 6 heteroatoms. The monoisotopic (exact) mass is 353 g/mol. The number of nitrogens with one attached hydrogen (secondary N) is 1. The van der Waals surface area contributed by atoms with Gasteiger partial charge >= 0.3 is 5.97 Å². The molecule has 2 aromatic carbocycles. The quantitative estimate of drug-likeness (QED) is 0.855. The first kappa shape index (κ1) is 15.3. The van der Waals surface area contributed by atoms with Gasteiger partial charge in [0.2, 0.25) is 0 Å². The third-order valence-electron chi connectivity index (χ3n) is 2.93. The Morgan fingerprint density at radius 1 is 1.33 bits per heavy atom. The van der Waals surface area contributed by atoms with Crippen molar-refractivity contribution in [1.29, 1.82) is 0 Å². The maximum atomic E-state index is 13.7. The number of hydrogen-bond acceptors (Lipinski definition) is 3. The van der Waals surface area contributed by atoms with E-state index >= 15 is 0 Å². The van der Waals surface area contributed by atoms with Crippen LogP contribution in [0.2, 0.25) is 0 Å². The molecule has 0 radical (unpaired) electrons. The molecule has 0 amide bonds. The summed E-state index contributed by atoms with van der Waals surface area (Å²) < 4.78 is 19.6. The van der Waals surface area contributed by atoms with E-state index in [0.717, 1.165) is 16.2 Å². The van der Waals surface area contributed by atoms with Gasteiger partial charge in [-0.25, -0.2) is 9.18 Å². The van der Waals surface area contributed by atoms with Gasteiger partial charge in [-0.3, -0.25) is 0 Å². The molecule has 4 nitrogen and oxygen atoms in total. The van der Waals surface area contributed by atoms with Crippen LogP contribution in [0.15, 0.2) is 40.9 Å². The van der Waals surface area contributed by atoms with Crippen molar-refractivity contribution >= 4 is 27.6 Å². The van der Waals surface area contributed by atoms with Crippen molar-refractivity contribution in [2.75, 3.05) is 12.4 Å². The third-order valence-corrected chi connectivity index (χ3v) is 3.55. The highest BCUT2D eigenvalue weighted by Gasteiger charge is 2.08. The highest BCUT2D eigenvalue weighted by molar-refractivity contribution is 9.10. The van der Waals surface area contributed by atoms with E-state index in [9.17, 15) is 9.18 Å². The highest BCUT2D eigenvalue weighted by atomic mass is 79.9. The molecular weight excluding hydrogens is 341 g/mol. The Morgan fingerprint density at radius 2 is 2.10 bits per heavy atom. The molecule has 0 aromatic heterocycles. The lowest BCUT2D eigenvalue weighted by molar-refractivity contribution is 0.0696. The zero-order valence-corrected chi connectivity index (χ0v) is 12.8. The fourth-order valence-electron chi connectivity index (χ4n) is 1.82. The molecule has 0 unspecified atom stereocenters. The second-order valence-electron chi connectivity index (χ2n) is 4.31. The molecule has 0 aliphatic heterocycles. The van der Waals surface area contributed by atoms with E-state index in [-0.39, 0.29) is 12.1 Å². The Morgan fingerprint density at radius 3 is 2.71 bits per heavy atom. The van der Waals surface area contributed by atoms with Crippen LogP contribution in [0.5, 0.6) is 5.75 Å². The summed E-state index contributed by atoms with van der Waals surface area (Å²) in [4.78, 5) is 10.9. The fraction of sp³-hybridized carbons (Fsp3) is 0.133. The number of carboxylic acid groups (broad SMARTS) is 1.